The van der Waals surface area contributed by atoms with E-state index in [0.29, 0.717) is 0 Å². The summed E-state index contributed by atoms with van der Waals surface area (Å²) in [4.78, 5) is 0. The van der Waals surface area contributed by atoms with E-state index in [-0.39, 0.29) is 12.4 Å². The number of aryl methyl sites for hydroxylation is 1. The van der Waals surface area contributed by atoms with Crippen LogP contribution in [0.3, 0.4) is 0 Å². The molecule has 0 aromatic carbocycles. The lowest BCUT2D eigenvalue weighted by atomic mass is 10.2. The average Bonchev–Trinajstić information content (AvgIpc) is 2.25. The summed E-state index contributed by atoms with van der Waals surface area (Å²) < 4.78 is 2.24. The highest BCUT2D eigenvalue weighted by Gasteiger charge is 1.98. The molecule has 0 amide bonds. The average molecular weight is 226 g/mol. The monoisotopic (exact) mass is 225 g/mol. The Balaban J connectivity index is 0.00000196. The molecule has 0 bridgehead atoms. The van der Waals surface area contributed by atoms with E-state index in [9.17, 15) is 0 Å². The largest absolute Gasteiger partial charge is 1.00 e. The number of nitrogens with zero attached hydrogens (tertiary/aromatic N) is 1. The third kappa shape index (κ3) is 5.58. The van der Waals surface area contributed by atoms with Crippen molar-refractivity contribution in [3.63, 3.8) is 0 Å². The van der Waals surface area contributed by atoms with Gasteiger partial charge in [-0.15, -0.1) is 0 Å². The minimum atomic E-state index is 0. The van der Waals surface area contributed by atoms with Gasteiger partial charge in [0.25, 0.3) is 0 Å². The minimum Gasteiger partial charge on any atom is -1.00 e. The van der Waals surface area contributed by atoms with Crippen molar-refractivity contribution in [2.75, 3.05) is 0 Å². The predicted octanol–water partition coefficient (Wildman–Crippen LogP) is 0.201. The molecule has 0 radical (unpaired) electrons. The first kappa shape index (κ1) is 14.2. The van der Waals surface area contributed by atoms with Crippen LogP contribution in [0.4, 0.5) is 0 Å². The Morgan fingerprint density at radius 3 is 2.40 bits per heavy atom. The van der Waals surface area contributed by atoms with E-state index in [2.05, 4.69) is 42.6 Å². The van der Waals surface area contributed by atoms with Gasteiger partial charge in [0.05, 0.1) is 0 Å². The zero-order valence-corrected chi connectivity index (χ0v) is 10.2. The van der Waals surface area contributed by atoms with Crippen LogP contribution in [-0.4, -0.2) is 0 Å². The van der Waals surface area contributed by atoms with Crippen LogP contribution in [0.2, 0.25) is 0 Å². The van der Waals surface area contributed by atoms with E-state index in [1.807, 2.05) is 6.08 Å². The Labute approximate surface area is 99.2 Å². The van der Waals surface area contributed by atoms with Gasteiger partial charge in [-0.25, -0.2) is 4.57 Å². The fourth-order valence-electron chi connectivity index (χ4n) is 1.48. The molecule has 1 aromatic rings. The molecule has 0 saturated heterocycles. The molecule has 0 atom stereocenters. The van der Waals surface area contributed by atoms with Crippen molar-refractivity contribution in [1.82, 2.24) is 0 Å². The third-order valence-corrected chi connectivity index (χ3v) is 2.42. The van der Waals surface area contributed by atoms with Crippen molar-refractivity contribution in [2.24, 2.45) is 0 Å². The first-order valence-corrected chi connectivity index (χ1v) is 5.48. The van der Waals surface area contributed by atoms with E-state index >= 15 is 0 Å². The summed E-state index contributed by atoms with van der Waals surface area (Å²) >= 11 is 0. The zero-order valence-electron chi connectivity index (χ0n) is 9.45. The topological polar surface area (TPSA) is 3.88 Å². The highest BCUT2D eigenvalue weighted by Crippen LogP contribution is 1.99. The van der Waals surface area contributed by atoms with Gasteiger partial charge in [0.1, 0.15) is 6.54 Å². The molecule has 0 fully saturated rings. The Kier molecular flexibility index (Phi) is 8.02. The fourth-order valence-corrected chi connectivity index (χ4v) is 1.48. The number of hydrogen-bond donors (Lipinski definition) is 0. The molecule has 0 N–H and O–H groups in total. The van der Waals surface area contributed by atoms with Gasteiger partial charge < -0.3 is 12.4 Å². The Morgan fingerprint density at radius 2 is 1.87 bits per heavy atom. The lowest BCUT2D eigenvalue weighted by Crippen LogP contribution is -3.00. The summed E-state index contributed by atoms with van der Waals surface area (Å²) in [5.41, 5.74) is 1.19. The van der Waals surface area contributed by atoms with Gasteiger partial charge in [-0.1, -0.05) is 32.4 Å². The Hall–Kier alpha value is -0.820. The predicted molar refractivity (Wildman–Crippen MR) is 60.9 cm³/mol. The van der Waals surface area contributed by atoms with Crippen LogP contribution in [0.25, 0.3) is 6.08 Å². The molecule has 0 aliphatic rings. The summed E-state index contributed by atoms with van der Waals surface area (Å²) in [6, 6.07) is 4.21. The van der Waals surface area contributed by atoms with E-state index in [0.717, 1.165) is 6.54 Å². The molecule has 2 heteroatoms. The van der Waals surface area contributed by atoms with Gasteiger partial charge in [-0.3, -0.25) is 0 Å². The Bertz CT molecular complexity index is 266. The second-order valence-electron chi connectivity index (χ2n) is 3.63. The lowest BCUT2D eigenvalue weighted by Gasteiger charge is -1.97. The second-order valence-corrected chi connectivity index (χ2v) is 3.63. The van der Waals surface area contributed by atoms with Crippen LogP contribution in [0, 0.1) is 0 Å². The first-order chi connectivity index (χ1) is 6.86. The maximum atomic E-state index is 3.74. The molecule has 0 aliphatic heterocycles. The van der Waals surface area contributed by atoms with Crippen molar-refractivity contribution >= 4 is 6.08 Å². The van der Waals surface area contributed by atoms with E-state index in [1.54, 1.807) is 0 Å². The molecular weight excluding hydrogens is 206 g/mol. The Morgan fingerprint density at radius 1 is 1.20 bits per heavy atom. The highest BCUT2D eigenvalue weighted by atomic mass is 35.5. The maximum absolute atomic E-state index is 3.74. The molecule has 1 nitrogen and oxygen atoms in total. The number of hydrogen-bond acceptors (Lipinski definition) is 0. The van der Waals surface area contributed by atoms with Crippen molar-refractivity contribution < 1.29 is 17.0 Å². The number of rotatable bonds is 6. The summed E-state index contributed by atoms with van der Waals surface area (Å²) in [6.07, 6.45) is 11.4. The SMILES string of the molecule is C=Cc1cc[n+](CCCCCC)cc1.[Cl-]. The normalized spacial score (nSPS) is 9.40. The second kappa shape index (κ2) is 8.49. The summed E-state index contributed by atoms with van der Waals surface area (Å²) in [5.74, 6) is 0. The van der Waals surface area contributed by atoms with Crippen LogP contribution < -0.4 is 17.0 Å². The zero-order chi connectivity index (χ0) is 10.2. The van der Waals surface area contributed by atoms with Crippen molar-refractivity contribution in [3.8, 4) is 0 Å². The smallest absolute Gasteiger partial charge is 0.169 e. The number of halogens is 1. The van der Waals surface area contributed by atoms with Crippen molar-refractivity contribution in [3.05, 3.63) is 36.7 Å². The van der Waals surface area contributed by atoms with E-state index in [1.165, 1.54) is 31.2 Å². The van der Waals surface area contributed by atoms with Crippen molar-refractivity contribution in [1.29, 1.82) is 0 Å². The van der Waals surface area contributed by atoms with Gasteiger partial charge in [0, 0.05) is 18.6 Å². The maximum Gasteiger partial charge on any atom is 0.169 e. The minimum absolute atomic E-state index is 0. The quantitative estimate of drug-likeness (QED) is 0.481. The summed E-state index contributed by atoms with van der Waals surface area (Å²) in [7, 11) is 0. The highest BCUT2D eigenvalue weighted by molar-refractivity contribution is 5.44. The third-order valence-electron chi connectivity index (χ3n) is 2.42. The van der Waals surface area contributed by atoms with Crippen LogP contribution in [0.15, 0.2) is 31.1 Å². The number of unbranched alkanes of at least 4 members (excludes halogenated alkanes) is 3. The van der Waals surface area contributed by atoms with Gasteiger partial charge in [-0.05, 0) is 12.0 Å². The van der Waals surface area contributed by atoms with Crippen LogP contribution >= 0.6 is 0 Å². The summed E-state index contributed by atoms with van der Waals surface area (Å²) in [5, 5.41) is 0. The van der Waals surface area contributed by atoms with Gasteiger partial charge >= 0.3 is 0 Å². The fraction of sp³-hybridized carbons (Fsp3) is 0.462. The molecule has 1 aromatic heterocycles. The molecule has 0 unspecified atom stereocenters. The van der Waals surface area contributed by atoms with Gasteiger partial charge in [-0.2, -0.15) is 0 Å². The summed E-state index contributed by atoms with van der Waals surface area (Å²) in [6.45, 7) is 7.12. The van der Waals surface area contributed by atoms with Gasteiger partial charge in [0.15, 0.2) is 12.4 Å². The van der Waals surface area contributed by atoms with Gasteiger partial charge in [0.2, 0.25) is 0 Å². The number of pyridine rings is 1. The molecular formula is C13H20ClN. The molecule has 15 heavy (non-hydrogen) atoms. The van der Waals surface area contributed by atoms with E-state index < -0.39 is 0 Å². The van der Waals surface area contributed by atoms with Crippen LogP contribution in [-0.2, 0) is 6.54 Å². The van der Waals surface area contributed by atoms with E-state index in [4.69, 9.17) is 0 Å². The molecule has 1 rings (SSSR count). The molecule has 0 spiro atoms. The number of aromatic nitrogens is 1. The lowest BCUT2D eigenvalue weighted by molar-refractivity contribution is -0.697. The molecule has 84 valence electrons. The molecule has 0 aliphatic carbocycles. The molecule has 1 heterocycles. The van der Waals surface area contributed by atoms with Crippen LogP contribution in [0.5, 0.6) is 0 Å². The first-order valence-electron chi connectivity index (χ1n) is 5.48. The van der Waals surface area contributed by atoms with Crippen LogP contribution in [0.1, 0.15) is 38.2 Å². The van der Waals surface area contributed by atoms with Crippen molar-refractivity contribution in [2.45, 2.75) is 39.2 Å². The molecule has 0 saturated carbocycles. The standard InChI is InChI=1S/C13H20N.ClH/c1-3-5-6-7-10-14-11-8-13(4-2)9-12-14;/h4,8-9,11-12H,2-3,5-7,10H2,1H3;1H/q+1;/p-1.